The number of nitrogen functional groups attached to an aromatic ring is 1. The highest BCUT2D eigenvalue weighted by atomic mass is 79.9. The van der Waals surface area contributed by atoms with E-state index in [1.54, 1.807) is 19.1 Å². The molecule has 0 aliphatic carbocycles. The lowest BCUT2D eigenvalue weighted by Gasteiger charge is -2.05. The summed E-state index contributed by atoms with van der Waals surface area (Å²) in [6, 6.07) is 4.67. The van der Waals surface area contributed by atoms with Crippen LogP contribution in [0.3, 0.4) is 0 Å². The van der Waals surface area contributed by atoms with E-state index < -0.39 is 5.82 Å². The number of H-pyrrole nitrogens is 1. The van der Waals surface area contributed by atoms with Crippen LogP contribution in [0.15, 0.2) is 22.8 Å². The molecule has 2 aromatic rings. The molecule has 90 valence electrons. The van der Waals surface area contributed by atoms with Crippen LogP contribution in [0, 0.1) is 5.82 Å². The highest BCUT2D eigenvalue weighted by Crippen LogP contribution is 2.29. The lowest BCUT2D eigenvalue weighted by Crippen LogP contribution is -1.94. The summed E-state index contributed by atoms with van der Waals surface area (Å²) in [7, 11) is 0. The molecule has 17 heavy (non-hydrogen) atoms. The number of nitrogens with one attached hydrogen (secondary N) is 1. The van der Waals surface area contributed by atoms with E-state index in [2.05, 4.69) is 25.9 Å². The van der Waals surface area contributed by atoms with Crippen molar-refractivity contribution in [3.63, 3.8) is 0 Å². The third kappa shape index (κ3) is 2.41. The number of nitrogens with two attached hydrogens (primary N) is 1. The van der Waals surface area contributed by atoms with E-state index in [4.69, 9.17) is 10.5 Å². The maximum Gasteiger partial charge on any atom is 0.198 e. The SMILES string of the molecule is CCOc1ccc(-c2nc(N)[nH]c2Br)cc1F. The van der Waals surface area contributed by atoms with Gasteiger partial charge in [-0.15, -0.1) is 0 Å². The average molecular weight is 300 g/mol. The van der Waals surface area contributed by atoms with Crippen LogP contribution in [0.2, 0.25) is 0 Å². The highest BCUT2D eigenvalue weighted by molar-refractivity contribution is 9.10. The fourth-order valence-electron chi connectivity index (χ4n) is 1.48. The molecule has 0 fully saturated rings. The Morgan fingerprint density at radius 3 is 2.82 bits per heavy atom. The number of hydrogen-bond donors (Lipinski definition) is 2. The lowest BCUT2D eigenvalue weighted by atomic mass is 10.1. The van der Waals surface area contributed by atoms with E-state index in [0.717, 1.165) is 0 Å². The van der Waals surface area contributed by atoms with Gasteiger partial charge in [-0.2, -0.15) is 0 Å². The standard InChI is InChI=1S/C11H11BrFN3O/c1-2-17-8-4-3-6(5-7(8)13)9-10(12)16-11(14)15-9/h3-5H,2H2,1H3,(H3,14,15,16). The largest absolute Gasteiger partial charge is 0.491 e. The van der Waals surface area contributed by atoms with Crippen molar-refractivity contribution in [1.29, 1.82) is 0 Å². The van der Waals surface area contributed by atoms with Crippen molar-refractivity contribution in [2.75, 3.05) is 12.3 Å². The number of aromatic nitrogens is 2. The Hall–Kier alpha value is -1.56. The van der Waals surface area contributed by atoms with E-state index in [1.807, 2.05) is 0 Å². The van der Waals surface area contributed by atoms with Gasteiger partial charge in [0, 0.05) is 5.56 Å². The number of imidazole rings is 1. The first-order valence-electron chi connectivity index (χ1n) is 5.05. The van der Waals surface area contributed by atoms with Gasteiger partial charge in [-0.25, -0.2) is 9.37 Å². The number of anilines is 1. The van der Waals surface area contributed by atoms with Crippen molar-refractivity contribution in [1.82, 2.24) is 9.97 Å². The molecule has 1 aromatic carbocycles. The molecule has 0 saturated heterocycles. The number of aromatic amines is 1. The van der Waals surface area contributed by atoms with Crippen molar-refractivity contribution in [3.05, 3.63) is 28.6 Å². The fraction of sp³-hybridized carbons (Fsp3) is 0.182. The van der Waals surface area contributed by atoms with Crippen LogP contribution < -0.4 is 10.5 Å². The minimum atomic E-state index is -0.419. The third-order valence-electron chi connectivity index (χ3n) is 2.18. The molecular formula is C11H11BrFN3O. The minimum absolute atomic E-state index is 0.232. The summed E-state index contributed by atoms with van der Waals surface area (Å²) in [6.45, 7) is 2.23. The number of ether oxygens (including phenoxy) is 1. The van der Waals surface area contributed by atoms with Gasteiger partial charge in [-0.1, -0.05) is 0 Å². The van der Waals surface area contributed by atoms with Gasteiger partial charge in [0.15, 0.2) is 17.5 Å². The first-order valence-corrected chi connectivity index (χ1v) is 5.84. The molecule has 0 radical (unpaired) electrons. The molecule has 0 atom stereocenters. The zero-order chi connectivity index (χ0) is 12.4. The number of benzene rings is 1. The van der Waals surface area contributed by atoms with Gasteiger partial charge in [-0.3, -0.25) is 0 Å². The Kier molecular flexibility index (Phi) is 3.33. The van der Waals surface area contributed by atoms with Gasteiger partial charge < -0.3 is 15.5 Å². The molecule has 0 spiro atoms. The molecule has 2 rings (SSSR count). The molecule has 0 bridgehead atoms. The molecule has 3 N–H and O–H groups in total. The van der Waals surface area contributed by atoms with Crippen molar-refractivity contribution >= 4 is 21.9 Å². The molecule has 0 aliphatic rings. The minimum Gasteiger partial charge on any atom is -0.491 e. The van der Waals surface area contributed by atoms with E-state index in [-0.39, 0.29) is 11.7 Å². The second-order valence-electron chi connectivity index (χ2n) is 3.36. The predicted molar refractivity (Wildman–Crippen MR) is 67.3 cm³/mol. The van der Waals surface area contributed by atoms with Crippen LogP contribution in [-0.4, -0.2) is 16.6 Å². The van der Waals surface area contributed by atoms with Gasteiger partial charge in [0.1, 0.15) is 10.3 Å². The maximum atomic E-state index is 13.7. The molecule has 1 heterocycles. The van der Waals surface area contributed by atoms with Crippen LogP contribution in [0.25, 0.3) is 11.3 Å². The molecule has 0 saturated carbocycles. The van der Waals surface area contributed by atoms with Crippen LogP contribution >= 0.6 is 15.9 Å². The molecule has 0 amide bonds. The zero-order valence-electron chi connectivity index (χ0n) is 9.13. The Morgan fingerprint density at radius 2 is 2.29 bits per heavy atom. The maximum absolute atomic E-state index is 13.7. The van der Waals surface area contributed by atoms with Crippen LogP contribution in [-0.2, 0) is 0 Å². The summed E-state index contributed by atoms with van der Waals surface area (Å²) < 4.78 is 19.4. The average Bonchev–Trinajstić information content (AvgIpc) is 2.61. The summed E-state index contributed by atoms with van der Waals surface area (Å²) >= 11 is 3.28. The molecule has 4 nitrogen and oxygen atoms in total. The molecule has 1 aromatic heterocycles. The zero-order valence-corrected chi connectivity index (χ0v) is 10.7. The number of rotatable bonds is 3. The quantitative estimate of drug-likeness (QED) is 0.916. The first-order chi connectivity index (χ1) is 8.11. The fourth-order valence-corrected chi connectivity index (χ4v) is 2.00. The Morgan fingerprint density at radius 1 is 1.53 bits per heavy atom. The van der Waals surface area contributed by atoms with E-state index >= 15 is 0 Å². The molecular weight excluding hydrogens is 289 g/mol. The summed E-state index contributed by atoms with van der Waals surface area (Å²) in [4.78, 5) is 6.86. The summed E-state index contributed by atoms with van der Waals surface area (Å²) in [5.41, 5.74) is 6.72. The number of nitrogens with zero attached hydrogens (tertiary/aromatic N) is 1. The van der Waals surface area contributed by atoms with E-state index in [9.17, 15) is 4.39 Å². The Labute approximate surface area is 106 Å². The second-order valence-corrected chi connectivity index (χ2v) is 4.16. The second kappa shape index (κ2) is 4.75. The topological polar surface area (TPSA) is 63.9 Å². The van der Waals surface area contributed by atoms with Gasteiger partial charge in [0.25, 0.3) is 0 Å². The Balaban J connectivity index is 2.41. The van der Waals surface area contributed by atoms with Gasteiger partial charge in [-0.05, 0) is 41.1 Å². The molecule has 0 aliphatic heterocycles. The smallest absolute Gasteiger partial charge is 0.198 e. The Bertz CT molecular complexity index is 542. The van der Waals surface area contributed by atoms with Crippen LogP contribution in [0.1, 0.15) is 6.92 Å². The number of hydrogen-bond acceptors (Lipinski definition) is 3. The summed E-state index contributed by atoms with van der Waals surface area (Å²) in [6.07, 6.45) is 0. The number of halogens is 2. The van der Waals surface area contributed by atoms with E-state index in [1.165, 1.54) is 6.07 Å². The van der Waals surface area contributed by atoms with Crippen molar-refractivity contribution in [3.8, 4) is 17.0 Å². The third-order valence-corrected chi connectivity index (χ3v) is 2.76. The predicted octanol–water partition coefficient (Wildman–Crippen LogP) is 2.96. The lowest BCUT2D eigenvalue weighted by molar-refractivity contribution is 0.321. The molecule has 0 unspecified atom stereocenters. The highest BCUT2D eigenvalue weighted by Gasteiger charge is 2.11. The molecule has 6 heteroatoms. The normalized spacial score (nSPS) is 10.5. The van der Waals surface area contributed by atoms with Crippen molar-refractivity contribution in [2.45, 2.75) is 6.92 Å². The van der Waals surface area contributed by atoms with Crippen molar-refractivity contribution < 1.29 is 9.13 Å². The van der Waals surface area contributed by atoms with Gasteiger partial charge in [0.2, 0.25) is 0 Å². The monoisotopic (exact) mass is 299 g/mol. The van der Waals surface area contributed by atoms with Crippen LogP contribution in [0.5, 0.6) is 5.75 Å². The summed E-state index contributed by atoms with van der Waals surface area (Å²) in [5.74, 6) is 0.0925. The summed E-state index contributed by atoms with van der Waals surface area (Å²) in [5, 5.41) is 0. The van der Waals surface area contributed by atoms with Crippen molar-refractivity contribution in [2.24, 2.45) is 0 Å². The van der Waals surface area contributed by atoms with Gasteiger partial charge in [0.05, 0.1) is 6.61 Å². The first kappa shape index (κ1) is 11.9. The van der Waals surface area contributed by atoms with E-state index in [0.29, 0.717) is 22.5 Å². The van der Waals surface area contributed by atoms with Gasteiger partial charge >= 0.3 is 0 Å². The van der Waals surface area contributed by atoms with Crippen LogP contribution in [0.4, 0.5) is 10.3 Å².